The van der Waals surface area contributed by atoms with E-state index < -0.39 is 0 Å². The zero-order valence-electron chi connectivity index (χ0n) is 10.0. The SMILES string of the molecule is CCCCC1=NC(CC)(CC)C(C=O)N1. The zero-order valence-corrected chi connectivity index (χ0v) is 10.0. The molecule has 0 saturated heterocycles. The number of carbonyl (C=O) groups excluding carboxylic acids is 1. The van der Waals surface area contributed by atoms with Crippen molar-refractivity contribution in [2.24, 2.45) is 4.99 Å². The van der Waals surface area contributed by atoms with Crippen LogP contribution in [-0.2, 0) is 4.79 Å². The number of aliphatic imine (C=N–C) groups is 1. The summed E-state index contributed by atoms with van der Waals surface area (Å²) in [5.74, 6) is 1.03. The summed E-state index contributed by atoms with van der Waals surface area (Å²) in [5, 5.41) is 3.25. The van der Waals surface area contributed by atoms with Gasteiger partial charge in [-0.25, -0.2) is 0 Å². The molecule has 1 aliphatic heterocycles. The van der Waals surface area contributed by atoms with Crippen molar-refractivity contribution in [3.63, 3.8) is 0 Å². The molecule has 1 unspecified atom stereocenters. The fraction of sp³-hybridized carbons (Fsp3) is 0.833. The van der Waals surface area contributed by atoms with Gasteiger partial charge in [-0.2, -0.15) is 0 Å². The molecule has 1 heterocycles. The Kier molecular flexibility index (Phi) is 4.30. The van der Waals surface area contributed by atoms with E-state index in [1.165, 1.54) is 0 Å². The van der Waals surface area contributed by atoms with Crippen LogP contribution in [0.3, 0.4) is 0 Å². The van der Waals surface area contributed by atoms with E-state index in [1.807, 2.05) is 0 Å². The molecule has 1 rings (SSSR count). The fourth-order valence-electron chi connectivity index (χ4n) is 2.17. The van der Waals surface area contributed by atoms with Gasteiger partial charge in [0.25, 0.3) is 0 Å². The predicted octanol–water partition coefficient (Wildman–Crippen LogP) is 2.30. The first-order valence-corrected chi connectivity index (χ1v) is 6.03. The van der Waals surface area contributed by atoms with Gasteiger partial charge in [-0.05, 0) is 19.3 Å². The molecule has 1 atom stereocenters. The minimum atomic E-state index is -0.176. The average molecular weight is 210 g/mol. The second-order valence-electron chi connectivity index (χ2n) is 4.23. The fourth-order valence-corrected chi connectivity index (χ4v) is 2.17. The number of carbonyl (C=O) groups is 1. The summed E-state index contributed by atoms with van der Waals surface area (Å²) in [4.78, 5) is 15.7. The molecule has 0 aliphatic carbocycles. The molecular formula is C12H22N2O. The summed E-state index contributed by atoms with van der Waals surface area (Å²) in [7, 11) is 0. The Morgan fingerprint density at radius 1 is 1.40 bits per heavy atom. The first-order chi connectivity index (χ1) is 7.22. The lowest BCUT2D eigenvalue weighted by Gasteiger charge is -2.26. The number of hydrogen-bond donors (Lipinski definition) is 1. The van der Waals surface area contributed by atoms with Gasteiger partial charge in [0.15, 0.2) is 0 Å². The lowest BCUT2D eigenvalue weighted by molar-refractivity contribution is -0.110. The number of hydrogen-bond acceptors (Lipinski definition) is 3. The molecule has 0 radical (unpaired) electrons. The van der Waals surface area contributed by atoms with Crippen LogP contribution >= 0.6 is 0 Å². The highest BCUT2D eigenvalue weighted by molar-refractivity contribution is 5.89. The number of amidine groups is 1. The van der Waals surface area contributed by atoms with Crippen LogP contribution in [0.1, 0.15) is 52.9 Å². The van der Waals surface area contributed by atoms with Crippen LogP contribution in [0, 0.1) is 0 Å². The predicted molar refractivity (Wildman–Crippen MR) is 63.3 cm³/mol. The second kappa shape index (κ2) is 5.29. The normalized spacial score (nSPS) is 23.4. The molecule has 0 spiro atoms. The molecule has 0 fully saturated rings. The molecule has 0 amide bonds. The molecule has 86 valence electrons. The van der Waals surface area contributed by atoms with Gasteiger partial charge in [-0.1, -0.05) is 27.2 Å². The Labute approximate surface area is 92.4 Å². The highest BCUT2D eigenvalue weighted by Gasteiger charge is 2.40. The summed E-state index contributed by atoms with van der Waals surface area (Å²) >= 11 is 0. The van der Waals surface area contributed by atoms with Crippen molar-refractivity contribution in [3.05, 3.63) is 0 Å². The number of rotatable bonds is 6. The quantitative estimate of drug-likeness (QED) is 0.683. The molecule has 0 aromatic heterocycles. The molecule has 3 heteroatoms. The van der Waals surface area contributed by atoms with Gasteiger partial charge in [0, 0.05) is 6.42 Å². The van der Waals surface area contributed by atoms with E-state index >= 15 is 0 Å². The third-order valence-corrected chi connectivity index (χ3v) is 3.39. The number of aldehydes is 1. The lowest BCUT2D eigenvalue weighted by Crippen LogP contribution is -2.44. The molecule has 0 aromatic carbocycles. The van der Waals surface area contributed by atoms with E-state index in [4.69, 9.17) is 4.99 Å². The third-order valence-electron chi connectivity index (χ3n) is 3.39. The van der Waals surface area contributed by atoms with Gasteiger partial charge in [0.1, 0.15) is 12.3 Å². The monoisotopic (exact) mass is 210 g/mol. The van der Waals surface area contributed by atoms with Gasteiger partial charge in [0.2, 0.25) is 0 Å². The topological polar surface area (TPSA) is 41.5 Å². The van der Waals surface area contributed by atoms with Crippen molar-refractivity contribution in [3.8, 4) is 0 Å². The van der Waals surface area contributed by atoms with Crippen LogP contribution in [0.4, 0.5) is 0 Å². The van der Waals surface area contributed by atoms with Crippen molar-refractivity contribution < 1.29 is 4.79 Å². The van der Waals surface area contributed by atoms with E-state index in [9.17, 15) is 4.79 Å². The van der Waals surface area contributed by atoms with Crippen LogP contribution in [0.25, 0.3) is 0 Å². The lowest BCUT2D eigenvalue weighted by atomic mass is 9.87. The Morgan fingerprint density at radius 3 is 2.47 bits per heavy atom. The maximum atomic E-state index is 11.0. The highest BCUT2D eigenvalue weighted by atomic mass is 16.1. The Bertz CT molecular complexity index is 244. The maximum Gasteiger partial charge on any atom is 0.144 e. The second-order valence-corrected chi connectivity index (χ2v) is 4.23. The Hall–Kier alpha value is -0.860. The van der Waals surface area contributed by atoms with Crippen LogP contribution < -0.4 is 5.32 Å². The Morgan fingerprint density at radius 2 is 2.07 bits per heavy atom. The molecule has 1 N–H and O–H groups in total. The van der Waals surface area contributed by atoms with Crippen molar-refractivity contribution in [2.75, 3.05) is 0 Å². The molecular weight excluding hydrogens is 188 g/mol. The largest absolute Gasteiger partial charge is 0.362 e. The van der Waals surface area contributed by atoms with Gasteiger partial charge in [-0.15, -0.1) is 0 Å². The minimum absolute atomic E-state index is 0.112. The maximum absolute atomic E-state index is 11.0. The number of nitrogens with one attached hydrogen (secondary N) is 1. The zero-order chi connectivity index (χ0) is 11.3. The smallest absolute Gasteiger partial charge is 0.144 e. The first-order valence-electron chi connectivity index (χ1n) is 6.03. The highest BCUT2D eigenvalue weighted by Crippen LogP contribution is 2.29. The molecule has 3 nitrogen and oxygen atoms in total. The van der Waals surface area contributed by atoms with E-state index in [0.717, 1.165) is 44.2 Å². The Balaban J connectivity index is 2.74. The third kappa shape index (κ3) is 2.39. The molecule has 1 aliphatic rings. The van der Waals surface area contributed by atoms with Crippen molar-refractivity contribution >= 4 is 12.1 Å². The summed E-state index contributed by atoms with van der Waals surface area (Å²) < 4.78 is 0. The summed E-state index contributed by atoms with van der Waals surface area (Å²) in [5.41, 5.74) is -0.176. The number of nitrogens with zero attached hydrogens (tertiary/aromatic N) is 1. The molecule has 15 heavy (non-hydrogen) atoms. The average Bonchev–Trinajstić information content (AvgIpc) is 2.65. The van der Waals surface area contributed by atoms with E-state index in [1.54, 1.807) is 0 Å². The number of unbranched alkanes of at least 4 members (excludes halogenated alkanes) is 1. The van der Waals surface area contributed by atoms with E-state index in [2.05, 4.69) is 26.1 Å². The van der Waals surface area contributed by atoms with Crippen LogP contribution in [-0.4, -0.2) is 23.7 Å². The summed E-state index contributed by atoms with van der Waals surface area (Å²) in [6.07, 6.45) is 6.14. The van der Waals surface area contributed by atoms with Crippen LogP contribution in [0.15, 0.2) is 4.99 Å². The standard InChI is InChI=1S/C12H22N2O/c1-4-7-8-11-13-10(9-15)12(5-2,6-3)14-11/h9-10H,4-8H2,1-3H3,(H,13,14). The first kappa shape index (κ1) is 12.2. The van der Waals surface area contributed by atoms with Crippen molar-refractivity contribution in [1.82, 2.24) is 5.32 Å². The van der Waals surface area contributed by atoms with E-state index in [-0.39, 0.29) is 11.6 Å². The summed E-state index contributed by atoms with van der Waals surface area (Å²) in [6, 6.07) is -0.112. The van der Waals surface area contributed by atoms with Gasteiger partial charge in [-0.3, -0.25) is 4.99 Å². The minimum Gasteiger partial charge on any atom is -0.362 e. The summed E-state index contributed by atoms with van der Waals surface area (Å²) in [6.45, 7) is 6.38. The van der Waals surface area contributed by atoms with Crippen molar-refractivity contribution in [2.45, 2.75) is 64.5 Å². The molecule has 0 bridgehead atoms. The van der Waals surface area contributed by atoms with E-state index in [0.29, 0.717) is 0 Å². The van der Waals surface area contributed by atoms with Gasteiger partial charge in [0.05, 0.1) is 11.4 Å². The van der Waals surface area contributed by atoms with Gasteiger partial charge < -0.3 is 10.1 Å². The molecule has 0 aromatic rings. The van der Waals surface area contributed by atoms with Crippen LogP contribution in [0.5, 0.6) is 0 Å². The van der Waals surface area contributed by atoms with Crippen LogP contribution in [0.2, 0.25) is 0 Å². The van der Waals surface area contributed by atoms with Crippen molar-refractivity contribution in [1.29, 1.82) is 0 Å². The molecule has 0 saturated carbocycles. The van der Waals surface area contributed by atoms with Gasteiger partial charge >= 0.3 is 0 Å².